The van der Waals surface area contributed by atoms with Gasteiger partial charge >= 0.3 is 0 Å². The molecule has 0 unspecified atom stereocenters. The standard InChI is InChI=1S/C23H21F2N5O2/c1-12-27-28-22-23(2,3)26-16-10-15(24)19(20(25)21(16)30(12)22)14-6-5-7-17-13(14)8-9-29(17)18(31)11-32-4/h5-10,26H,11H2,1-4H3. The zero-order valence-electron chi connectivity index (χ0n) is 18.0. The van der Waals surface area contributed by atoms with E-state index in [9.17, 15) is 4.79 Å². The van der Waals surface area contributed by atoms with Gasteiger partial charge < -0.3 is 10.1 Å². The van der Waals surface area contributed by atoms with Crippen molar-refractivity contribution in [2.45, 2.75) is 26.3 Å². The van der Waals surface area contributed by atoms with E-state index in [2.05, 4.69) is 15.5 Å². The van der Waals surface area contributed by atoms with Crippen molar-refractivity contribution in [3.63, 3.8) is 0 Å². The van der Waals surface area contributed by atoms with E-state index < -0.39 is 17.2 Å². The number of halogens is 2. The van der Waals surface area contributed by atoms with Crippen molar-refractivity contribution in [1.29, 1.82) is 0 Å². The smallest absolute Gasteiger partial charge is 0.257 e. The van der Waals surface area contributed by atoms with Crippen LogP contribution in [-0.4, -0.2) is 39.0 Å². The molecule has 164 valence electrons. The molecule has 0 atom stereocenters. The van der Waals surface area contributed by atoms with Gasteiger partial charge in [0.2, 0.25) is 0 Å². The highest BCUT2D eigenvalue weighted by atomic mass is 19.1. The molecule has 0 saturated carbocycles. The van der Waals surface area contributed by atoms with Gasteiger partial charge in [-0.25, -0.2) is 8.78 Å². The second kappa shape index (κ2) is 6.96. The lowest BCUT2D eigenvalue weighted by molar-refractivity contribution is 0.0767. The Hall–Kier alpha value is -3.59. The minimum absolute atomic E-state index is 0.104. The molecule has 4 aromatic rings. The van der Waals surface area contributed by atoms with Gasteiger partial charge in [0.15, 0.2) is 11.6 Å². The van der Waals surface area contributed by atoms with Crippen molar-refractivity contribution < 1.29 is 18.3 Å². The second-order valence-electron chi connectivity index (χ2n) is 8.35. The molecule has 9 heteroatoms. The third kappa shape index (κ3) is 2.77. The highest BCUT2D eigenvalue weighted by Gasteiger charge is 2.37. The number of methoxy groups -OCH3 is 1. The average Bonchev–Trinajstić information content (AvgIpc) is 3.33. The van der Waals surface area contributed by atoms with E-state index in [-0.39, 0.29) is 23.8 Å². The maximum atomic E-state index is 16.1. The van der Waals surface area contributed by atoms with E-state index in [0.717, 1.165) is 0 Å². The minimum atomic E-state index is -0.726. The summed E-state index contributed by atoms with van der Waals surface area (Å²) < 4.78 is 39.4. The Kier molecular flexibility index (Phi) is 4.42. The van der Waals surface area contributed by atoms with Crippen molar-refractivity contribution in [3.8, 4) is 16.8 Å². The van der Waals surface area contributed by atoms with Crippen molar-refractivity contribution >= 4 is 22.5 Å². The Morgan fingerprint density at radius 3 is 2.75 bits per heavy atom. The fourth-order valence-corrected chi connectivity index (χ4v) is 4.39. The molecule has 1 N–H and O–H groups in total. The van der Waals surface area contributed by atoms with Crippen molar-refractivity contribution in [3.05, 3.63) is 59.8 Å². The Morgan fingerprint density at radius 2 is 2.00 bits per heavy atom. The van der Waals surface area contributed by atoms with Gasteiger partial charge in [-0.1, -0.05) is 12.1 Å². The van der Waals surface area contributed by atoms with E-state index >= 15 is 8.78 Å². The summed E-state index contributed by atoms with van der Waals surface area (Å²) in [5.74, 6) is -0.671. The lowest BCUT2D eigenvalue weighted by Crippen LogP contribution is -2.36. The summed E-state index contributed by atoms with van der Waals surface area (Å²) in [6.07, 6.45) is 1.58. The molecule has 1 aliphatic rings. The van der Waals surface area contributed by atoms with Crippen LogP contribution in [0.25, 0.3) is 27.7 Å². The molecule has 5 rings (SSSR count). The first-order valence-electron chi connectivity index (χ1n) is 10.1. The Balaban J connectivity index is 1.77. The number of carbonyl (C=O) groups is 1. The van der Waals surface area contributed by atoms with Crippen LogP contribution in [0.15, 0.2) is 36.5 Å². The highest BCUT2D eigenvalue weighted by molar-refractivity contribution is 6.01. The number of nitrogens with zero attached hydrogens (tertiary/aromatic N) is 4. The van der Waals surface area contributed by atoms with Gasteiger partial charge in [-0.05, 0) is 38.5 Å². The number of aromatic nitrogens is 4. The summed E-state index contributed by atoms with van der Waals surface area (Å²) in [5, 5.41) is 12.0. The normalized spacial score (nSPS) is 14.2. The van der Waals surface area contributed by atoms with Gasteiger partial charge in [0.05, 0.1) is 22.3 Å². The quantitative estimate of drug-likeness (QED) is 0.514. The Morgan fingerprint density at radius 1 is 1.22 bits per heavy atom. The van der Waals surface area contributed by atoms with Gasteiger partial charge in [-0.15, -0.1) is 10.2 Å². The number of ether oxygens (including phenoxy) is 1. The summed E-state index contributed by atoms with van der Waals surface area (Å²) in [6.45, 7) is 5.37. The molecule has 0 spiro atoms. The largest absolute Gasteiger partial charge is 0.375 e. The zero-order valence-corrected chi connectivity index (χ0v) is 18.0. The first-order valence-corrected chi connectivity index (χ1v) is 10.1. The molecular weight excluding hydrogens is 416 g/mol. The summed E-state index contributed by atoms with van der Waals surface area (Å²) in [4.78, 5) is 12.4. The number of rotatable bonds is 3. The van der Waals surface area contributed by atoms with Crippen LogP contribution in [0.5, 0.6) is 0 Å². The number of benzene rings is 2. The van der Waals surface area contributed by atoms with Gasteiger partial charge in [0.25, 0.3) is 5.91 Å². The average molecular weight is 437 g/mol. The fraction of sp³-hybridized carbons (Fsp3) is 0.261. The summed E-state index contributed by atoms with van der Waals surface area (Å²) in [7, 11) is 1.43. The minimum Gasteiger partial charge on any atom is -0.375 e. The van der Waals surface area contributed by atoms with Gasteiger partial charge in [-0.2, -0.15) is 0 Å². The third-order valence-corrected chi connectivity index (χ3v) is 5.79. The van der Waals surface area contributed by atoms with E-state index in [4.69, 9.17) is 4.74 Å². The first kappa shape index (κ1) is 20.3. The van der Waals surface area contributed by atoms with Crippen LogP contribution in [0.2, 0.25) is 0 Å². The second-order valence-corrected chi connectivity index (χ2v) is 8.35. The van der Waals surface area contributed by atoms with Crippen LogP contribution >= 0.6 is 0 Å². The summed E-state index contributed by atoms with van der Waals surface area (Å²) in [6, 6.07) is 8.01. The number of hydrogen-bond acceptors (Lipinski definition) is 5. The molecule has 2 aromatic carbocycles. The predicted octanol–water partition coefficient (Wildman–Crippen LogP) is 4.42. The lowest BCUT2D eigenvalue weighted by Gasteiger charge is -2.34. The van der Waals surface area contributed by atoms with Gasteiger partial charge in [-0.3, -0.25) is 13.9 Å². The number of anilines is 1. The monoisotopic (exact) mass is 437 g/mol. The lowest BCUT2D eigenvalue weighted by atomic mass is 9.95. The zero-order chi connectivity index (χ0) is 22.8. The summed E-state index contributed by atoms with van der Waals surface area (Å²) >= 11 is 0. The molecule has 7 nitrogen and oxygen atoms in total. The Labute approximate surface area is 182 Å². The third-order valence-electron chi connectivity index (χ3n) is 5.79. The van der Waals surface area contributed by atoms with E-state index in [1.54, 1.807) is 42.0 Å². The van der Waals surface area contributed by atoms with Crippen LogP contribution in [0.4, 0.5) is 14.5 Å². The van der Waals surface area contributed by atoms with Gasteiger partial charge in [0.1, 0.15) is 23.9 Å². The van der Waals surface area contributed by atoms with Crippen molar-refractivity contribution in [2.75, 3.05) is 19.0 Å². The maximum Gasteiger partial charge on any atom is 0.257 e. The molecule has 3 heterocycles. The van der Waals surface area contributed by atoms with Crippen LogP contribution in [0.3, 0.4) is 0 Å². The van der Waals surface area contributed by atoms with Gasteiger partial charge in [0, 0.05) is 24.8 Å². The number of fused-ring (bicyclic) bond motifs is 4. The number of carbonyl (C=O) groups excluding carboxylic acids is 1. The molecular formula is C23H21F2N5O2. The van der Waals surface area contributed by atoms with Crippen LogP contribution in [0.1, 0.15) is 30.3 Å². The molecule has 2 aromatic heterocycles. The number of nitrogens with one attached hydrogen (secondary N) is 1. The molecule has 0 bridgehead atoms. The molecule has 1 aliphatic heterocycles. The van der Waals surface area contributed by atoms with E-state index in [0.29, 0.717) is 33.8 Å². The topological polar surface area (TPSA) is 74.0 Å². The SMILES string of the molecule is COCC(=O)n1ccc2c(-c3c(F)cc4c(c3F)-n3c(C)nnc3C(C)(C)N4)cccc21. The Bertz CT molecular complexity index is 1400. The maximum absolute atomic E-state index is 16.1. The van der Waals surface area contributed by atoms with Crippen LogP contribution in [-0.2, 0) is 10.3 Å². The molecule has 0 radical (unpaired) electrons. The molecule has 0 saturated heterocycles. The van der Waals surface area contributed by atoms with E-state index in [1.165, 1.54) is 17.7 Å². The molecule has 0 amide bonds. The summed E-state index contributed by atoms with van der Waals surface area (Å²) in [5.41, 5.74) is 0.553. The first-order chi connectivity index (χ1) is 15.2. The van der Waals surface area contributed by atoms with Crippen molar-refractivity contribution in [1.82, 2.24) is 19.3 Å². The predicted molar refractivity (Wildman–Crippen MR) is 116 cm³/mol. The van der Waals surface area contributed by atoms with Crippen molar-refractivity contribution in [2.24, 2.45) is 0 Å². The highest BCUT2D eigenvalue weighted by Crippen LogP contribution is 2.43. The van der Waals surface area contributed by atoms with Crippen LogP contribution < -0.4 is 5.32 Å². The number of hydrogen-bond donors (Lipinski definition) is 1. The molecule has 32 heavy (non-hydrogen) atoms. The number of aryl methyl sites for hydroxylation is 1. The van der Waals surface area contributed by atoms with E-state index in [1.807, 2.05) is 13.8 Å². The molecule has 0 aliphatic carbocycles. The van der Waals surface area contributed by atoms with Crippen LogP contribution in [0, 0.1) is 18.6 Å². The fourth-order valence-electron chi connectivity index (χ4n) is 4.39. The molecule has 0 fully saturated rings.